The first-order valence-electron chi connectivity index (χ1n) is 20.2. The fourth-order valence-corrected chi connectivity index (χ4v) is 10.8. The fraction of sp³-hybridized carbons (Fsp3) is 0.148. The Morgan fingerprint density at radius 1 is 0.328 bits per heavy atom. The molecule has 0 saturated carbocycles. The molecule has 2 nitrogen and oxygen atoms in total. The van der Waals surface area contributed by atoms with Crippen LogP contribution < -0.4 is 9.80 Å². The summed E-state index contributed by atoms with van der Waals surface area (Å²) in [5.74, 6) is 0. The number of hydrogen-bond acceptors (Lipinski definition) is 4. The van der Waals surface area contributed by atoms with Gasteiger partial charge < -0.3 is 9.80 Å². The highest BCUT2D eigenvalue weighted by Gasteiger charge is 2.22. The molecule has 0 unspecified atom stereocenters. The maximum Gasteiger partial charge on any atom is 0.0476 e. The third-order valence-corrected chi connectivity index (χ3v) is 13.7. The van der Waals surface area contributed by atoms with E-state index in [1.165, 1.54) is 73.6 Å². The molecule has 2 aromatic heterocycles. The first kappa shape index (κ1) is 36.4. The second kappa shape index (κ2) is 13.9. The zero-order valence-corrected chi connectivity index (χ0v) is 35.5. The number of rotatable bonds is 6. The van der Waals surface area contributed by atoms with Crippen LogP contribution in [0.3, 0.4) is 0 Å². The molecule has 4 heteroatoms. The second-order valence-corrected chi connectivity index (χ2v) is 19.7. The quantitative estimate of drug-likeness (QED) is 0.166. The predicted octanol–water partition coefficient (Wildman–Crippen LogP) is 17.1. The van der Waals surface area contributed by atoms with Crippen LogP contribution in [-0.4, -0.2) is 0 Å². The number of fused-ring (bicyclic) bond motifs is 9. The van der Waals surface area contributed by atoms with Gasteiger partial charge in [-0.15, -0.1) is 22.7 Å². The molecule has 0 N–H and O–H groups in total. The molecule has 58 heavy (non-hydrogen) atoms. The lowest BCUT2D eigenvalue weighted by molar-refractivity contribution is 0.590. The van der Waals surface area contributed by atoms with Crippen molar-refractivity contribution in [3.63, 3.8) is 0 Å². The van der Waals surface area contributed by atoms with Gasteiger partial charge in [-0.05, 0) is 112 Å². The van der Waals surface area contributed by atoms with Crippen LogP contribution in [0.25, 0.3) is 51.1 Å². The van der Waals surface area contributed by atoms with E-state index in [0.717, 1.165) is 22.7 Å². The monoisotopic (exact) mass is 786 g/mol. The lowest BCUT2D eigenvalue weighted by atomic mass is 9.87. The fourth-order valence-electron chi connectivity index (χ4n) is 8.48. The summed E-state index contributed by atoms with van der Waals surface area (Å²) >= 11 is 3.79. The molecule has 0 aliphatic carbocycles. The Balaban J connectivity index is 1.14. The van der Waals surface area contributed by atoms with Crippen molar-refractivity contribution in [2.45, 2.75) is 52.4 Å². The van der Waals surface area contributed by atoms with E-state index in [0.29, 0.717) is 0 Å². The summed E-state index contributed by atoms with van der Waals surface area (Å²) in [7, 11) is 0. The smallest absolute Gasteiger partial charge is 0.0476 e. The first-order valence-corrected chi connectivity index (χ1v) is 21.8. The zero-order chi connectivity index (χ0) is 39.8. The largest absolute Gasteiger partial charge is 0.310 e. The van der Waals surface area contributed by atoms with Crippen molar-refractivity contribution in [2.75, 3.05) is 9.80 Å². The standard InChI is InChI=1S/C54H46N2S2/c1-53(2,3)36-15-13-21-40(31-36)55(38-17-9-7-10-18-38)42-25-27-44-48(33-42)57-46-29-23-35-24-30-47-52(50(35)51(44)46)45-28-26-43(34-49(45)58-47)56(39-19-11-8-12-20-39)41-22-14-16-37(32-41)54(4,5)6/h7-34H,1-6H3. The SMILES string of the molecule is CC(C)(C)c1cccc(N(c2ccccc2)c2ccc3c(c2)sc2ccc4ccc5sc6cc(N(c7ccccc7)c7cccc(C(C)(C)C)c7)ccc6c5c4c23)c1. The summed E-state index contributed by atoms with van der Waals surface area (Å²) in [5, 5.41) is 7.95. The topological polar surface area (TPSA) is 6.48 Å². The van der Waals surface area contributed by atoms with E-state index in [2.05, 4.69) is 221 Å². The average molecular weight is 787 g/mol. The first-order chi connectivity index (χ1) is 28.0. The Bertz CT molecular complexity index is 2930. The van der Waals surface area contributed by atoms with Gasteiger partial charge >= 0.3 is 0 Å². The molecule has 284 valence electrons. The lowest BCUT2D eigenvalue weighted by Gasteiger charge is -2.28. The van der Waals surface area contributed by atoms with E-state index in [-0.39, 0.29) is 10.8 Å². The van der Waals surface area contributed by atoms with Gasteiger partial charge in [-0.2, -0.15) is 0 Å². The highest BCUT2D eigenvalue weighted by atomic mass is 32.1. The Labute approximate surface area is 349 Å². The zero-order valence-electron chi connectivity index (χ0n) is 33.9. The summed E-state index contributed by atoms with van der Waals surface area (Å²) in [6.07, 6.45) is 0. The van der Waals surface area contributed by atoms with Crippen LogP contribution in [0, 0.1) is 0 Å². The van der Waals surface area contributed by atoms with E-state index in [4.69, 9.17) is 0 Å². The lowest BCUT2D eigenvalue weighted by Crippen LogP contribution is -2.14. The molecule has 0 spiro atoms. The van der Waals surface area contributed by atoms with Crippen molar-refractivity contribution in [3.05, 3.63) is 181 Å². The van der Waals surface area contributed by atoms with Crippen molar-refractivity contribution < 1.29 is 0 Å². The minimum absolute atomic E-state index is 0.0485. The number of nitrogens with zero attached hydrogens (tertiary/aromatic N) is 2. The van der Waals surface area contributed by atoms with Crippen LogP contribution in [0.15, 0.2) is 170 Å². The normalized spacial score (nSPS) is 12.3. The molecule has 0 amide bonds. The summed E-state index contributed by atoms with van der Waals surface area (Å²) in [6, 6.07) is 63.0. The minimum atomic E-state index is 0.0485. The molecule has 10 aromatic rings. The van der Waals surface area contributed by atoms with Gasteiger partial charge in [0.25, 0.3) is 0 Å². The van der Waals surface area contributed by atoms with Crippen LogP contribution in [-0.2, 0) is 10.8 Å². The Hall–Kier alpha value is -5.94. The van der Waals surface area contributed by atoms with Crippen molar-refractivity contribution in [1.82, 2.24) is 0 Å². The number of thiophene rings is 2. The Morgan fingerprint density at radius 3 is 1.14 bits per heavy atom. The molecule has 0 fully saturated rings. The van der Waals surface area contributed by atoms with Crippen LogP contribution in [0.2, 0.25) is 0 Å². The second-order valence-electron chi connectivity index (χ2n) is 17.5. The van der Waals surface area contributed by atoms with Crippen molar-refractivity contribution in [1.29, 1.82) is 0 Å². The van der Waals surface area contributed by atoms with Crippen LogP contribution in [0.1, 0.15) is 52.7 Å². The van der Waals surface area contributed by atoms with E-state index >= 15 is 0 Å². The number of para-hydroxylation sites is 2. The van der Waals surface area contributed by atoms with Gasteiger partial charge in [-0.25, -0.2) is 0 Å². The van der Waals surface area contributed by atoms with Crippen LogP contribution >= 0.6 is 22.7 Å². The molecule has 0 bridgehead atoms. The Kier molecular flexibility index (Phi) is 8.70. The van der Waals surface area contributed by atoms with E-state index in [1.54, 1.807) is 0 Å². The molecule has 0 saturated heterocycles. The van der Waals surface area contributed by atoms with Crippen molar-refractivity contribution >= 4 is 108 Å². The van der Waals surface area contributed by atoms with E-state index in [1.807, 2.05) is 22.7 Å². The van der Waals surface area contributed by atoms with E-state index in [9.17, 15) is 0 Å². The molecule has 8 aromatic carbocycles. The van der Waals surface area contributed by atoms with Gasteiger partial charge in [0.1, 0.15) is 0 Å². The predicted molar refractivity (Wildman–Crippen MR) is 256 cm³/mol. The molecule has 0 aliphatic rings. The van der Waals surface area contributed by atoms with Gasteiger partial charge in [0.15, 0.2) is 0 Å². The maximum atomic E-state index is 2.40. The number of anilines is 6. The summed E-state index contributed by atoms with van der Waals surface area (Å²) in [6.45, 7) is 13.7. The molecule has 0 atom stereocenters. The summed E-state index contributed by atoms with van der Waals surface area (Å²) in [4.78, 5) is 4.80. The highest BCUT2D eigenvalue weighted by Crippen LogP contribution is 2.48. The number of benzene rings is 8. The van der Waals surface area contributed by atoms with Crippen molar-refractivity contribution in [2.24, 2.45) is 0 Å². The van der Waals surface area contributed by atoms with Crippen LogP contribution in [0.4, 0.5) is 34.1 Å². The third kappa shape index (κ3) is 6.32. The van der Waals surface area contributed by atoms with Gasteiger partial charge in [0, 0.05) is 79.9 Å². The molecule has 0 aliphatic heterocycles. The molecule has 0 radical (unpaired) electrons. The van der Waals surface area contributed by atoms with E-state index < -0.39 is 0 Å². The maximum absolute atomic E-state index is 2.40. The van der Waals surface area contributed by atoms with Crippen LogP contribution in [0.5, 0.6) is 0 Å². The van der Waals surface area contributed by atoms with Gasteiger partial charge in [0.2, 0.25) is 0 Å². The minimum Gasteiger partial charge on any atom is -0.310 e. The van der Waals surface area contributed by atoms with Gasteiger partial charge in [-0.3, -0.25) is 0 Å². The molecular formula is C54H46N2S2. The molecule has 2 heterocycles. The molecule has 10 rings (SSSR count). The van der Waals surface area contributed by atoms with Crippen molar-refractivity contribution in [3.8, 4) is 0 Å². The molecular weight excluding hydrogens is 741 g/mol. The average Bonchev–Trinajstić information content (AvgIpc) is 3.79. The highest BCUT2D eigenvalue weighted by molar-refractivity contribution is 7.27. The van der Waals surface area contributed by atoms with Gasteiger partial charge in [0.05, 0.1) is 0 Å². The third-order valence-electron chi connectivity index (χ3n) is 11.5. The Morgan fingerprint density at radius 2 is 0.724 bits per heavy atom. The van der Waals surface area contributed by atoms with Gasteiger partial charge in [-0.1, -0.05) is 126 Å². The number of hydrogen-bond donors (Lipinski definition) is 0. The summed E-state index contributed by atoms with van der Waals surface area (Å²) in [5.41, 5.74) is 9.71. The summed E-state index contributed by atoms with van der Waals surface area (Å²) < 4.78 is 5.22.